The molecule has 0 saturated carbocycles. The zero-order valence-electron chi connectivity index (χ0n) is 9.98. The summed E-state index contributed by atoms with van der Waals surface area (Å²) in [5.74, 6) is 2.67. The number of rotatable bonds is 2. The summed E-state index contributed by atoms with van der Waals surface area (Å²) >= 11 is 6.89. The van der Waals surface area contributed by atoms with Crippen LogP contribution in [-0.2, 0) is 12.2 Å². The maximum Gasteiger partial charge on any atom is 0.266 e. The maximum atomic E-state index is 12.2. The summed E-state index contributed by atoms with van der Waals surface area (Å²) in [7, 11) is 0. The van der Waals surface area contributed by atoms with Crippen LogP contribution < -0.4 is 5.32 Å². The number of thioether (sulfide) groups is 1. The van der Waals surface area contributed by atoms with Crippen LogP contribution in [0.4, 0.5) is 5.82 Å². The maximum absolute atomic E-state index is 12.2. The van der Waals surface area contributed by atoms with E-state index in [1.807, 2.05) is 23.9 Å². The van der Waals surface area contributed by atoms with Crippen LogP contribution in [-0.4, -0.2) is 16.6 Å². The fraction of sp³-hybridized carbons (Fsp3) is 0.231. The number of nitrogens with zero attached hydrogens (tertiary/aromatic N) is 1. The van der Waals surface area contributed by atoms with Crippen molar-refractivity contribution in [2.75, 3.05) is 11.1 Å². The number of carbonyl (C=O) groups is 1. The van der Waals surface area contributed by atoms with Gasteiger partial charge in [-0.2, -0.15) is 11.8 Å². The second-order valence-corrected chi connectivity index (χ2v) is 7.33. The predicted molar refractivity (Wildman–Crippen MR) is 84.1 cm³/mol. The molecule has 1 amide bonds. The molecule has 0 atom stereocenters. The van der Waals surface area contributed by atoms with E-state index in [4.69, 9.17) is 0 Å². The van der Waals surface area contributed by atoms with Crippen LogP contribution in [0.25, 0.3) is 0 Å². The van der Waals surface area contributed by atoms with E-state index in [0.717, 1.165) is 27.3 Å². The van der Waals surface area contributed by atoms with E-state index < -0.39 is 0 Å². The van der Waals surface area contributed by atoms with E-state index in [0.29, 0.717) is 5.82 Å². The Kier molecular flexibility index (Phi) is 3.91. The summed E-state index contributed by atoms with van der Waals surface area (Å²) in [6.45, 7) is 0. The normalized spacial score (nSPS) is 13.9. The van der Waals surface area contributed by atoms with Gasteiger partial charge in [0.15, 0.2) is 0 Å². The van der Waals surface area contributed by atoms with Gasteiger partial charge < -0.3 is 5.32 Å². The van der Waals surface area contributed by atoms with Crippen molar-refractivity contribution in [3.05, 3.63) is 44.2 Å². The molecule has 0 saturated heterocycles. The number of thiophene rings is 1. The first-order valence-corrected chi connectivity index (χ1v) is 8.61. The molecular weight excluding hydrogens is 344 g/mol. The zero-order valence-corrected chi connectivity index (χ0v) is 13.2. The highest BCUT2D eigenvalue weighted by molar-refractivity contribution is 9.10. The van der Waals surface area contributed by atoms with Gasteiger partial charge in [0.25, 0.3) is 5.91 Å². The quantitative estimate of drug-likeness (QED) is 0.887. The van der Waals surface area contributed by atoms with Crippen molar-refractivity contribution in [1.82, 2.24) is 4.98 Å². The number of nitrogens with one attached hydrogen (secondary N) is 1. The van der Waals surface area contributed by atoms with Gasteiger partial charge in [0.1, 0.15) is 5.82 Å². The Morgan fingerprint density at radius 1 is 1.42 bits per heavy atom. The smallest absolute Gasteiger partial charge is 0.266 e. The third-order valence-electron chi connectivity index (χ3n) is 2.82. The summed E-state index contributed by atoms with van der Waals surface area (Å²) in [6, 6.07) is 5.64. The van der Waals surface area contributed by atoms with Gasteiger partial charge in [0, 0.05) is 21.3 Å². The topological polar surface area (TPSA) is 42.0 Å². The molecule has 0 aliphatic carbocycles. The Hall–Kier alpha value is -0.850. The Balaban J connectivity index is 1.78. The molecule has 0 bridgehead atoms. The van der Waals surface area contributed by atoms with Gasteiger partial charge in [-0.05, 0) is 35.9 Å². The monoisotopic (exact) mass is 354 g/mol. The third-order valence-corrected chi connectivity index (χ3v) is 5.55. The Morgan fingerprint density at radius 3 is 3.11 bits per heavy atom. The van der Waals surface area contributed by atoms with Crippen LogP contribution in [0.3, 0.4) is 0 Å². The molecule has 0 spiro atoms. The summed E-state index contributed by atoms with van der Waals surface area (Å²) in [5.41, 5.74) is 1.31. The minimum Gasteiger partial charge on any atom is -0.306 e. The molecule has 0 radical (unpaired) electrons. The van der Waals surface area contributed by atoms with Crippen molar-refractivity contribution in [2.45, 2.75) is 12.2 Å². The fourth-order valence-corrected chi connectivity index (χ4v) is 4.51. The molecule has 0 unspecified atom stereocenters. The van der Waals surface area contributed by atoms with Crippen LogP contribution >= 0.6 is 39.0 Å². The second-order valence-electron chi connectivity index (χ2n) is 4.18. The number of halogens is 1. The van der Waals surface area contributed by atoms with E-state index in [1.165, 1.54) is 10.4 Å². The van der Waals surface area contributed by atoms with Crippen molar-refractivity contribution in [2.24, 2.45) is 0 Å². The molecule has 1 aliphatic heterocycles. The first-order valence-electron chi connectivity index (χ1n) is 5.84. The summed E-state index contributed by atoms with van der Waals surface area (Å²) in [6.07, 6.45) is 2.74. The number of carbonyl (C=O) groups excluding carboxylic acids is 1. The molecule has 0 fully saturated rings. The lowest BCUT2D eigenvalue weighted by Crippen LogP contribution is -2.11. The molecule has 19 heavy (non-hydrogen) atoms. The van der Waals surface area contributed by atoms with E-state index in [2.05, 4.69) is 26.2 Å². The summed E-state index contributed by atoms with van der Waals surface area (Å²) in [5, 5.41) is 2.83. The first kappa shape index (κ1) is 13.1. The molecule has 1 aliphatic rings. The van der Waals surface area contributed by atoms with Crippen molar-refractivity contribution in [3.63, 3.8) is 0 Å². The number of hydrogen-bond acceptors (Lipinski definition) is 4. The van der Waals surface area contributed by atoms with Gasteiger partial charge in [-0.1, -0.05) is 15.9 Å². The fourth-order valence-electron chi connectivity index (χ4n) is 1.91. The molecule has 3 nitrogen and oxygen atoms in total. The van der Waals surface area contributed by atoms with Crippen molar-refractivity contribution >= 4 is 50.8 Å². The van der Waals surface area contributed by atoms with E-state index in [1.54, 1.807) is 23.6 Å². The van der Waals surface area contributed by atoms with E-state index in [9.17, 15) is 4.79 Å². The predicted octanol–water partition coefficient (Wildman–Crippen LogP) is 3.95. The van der Waals surface area contributed by atoms with Crippen LogP contribution in [0.1, 0.15) is 20.1 Å². The van der Waals surface area contributed by atoms with E-state index >= 15 is 0 Å². The number of amides is 1. The Labute approximate surface area is 128 Å². The highest BCUT2D eigenvalue weighted by Gasteiger charge is 2.17. The van der Waals surface area contributed by atoms with Gasteiger partial charge in [-0.25, -0.2) is 4.98 Å². The van der Waals surface area contributed by atoms with Crippen LogP contribution in [0.5, 0.6) is 0 Å². The first-order chi connectivity index (χ1) is 9.22. The molecule has 2 aromatic rings. The van der Waals surface area contributed by atoms with Crippen LogP contribution in [0.2, 0.25) is 0 Å². The van der Waals surface area contributed by atoms with Gasteiger partial charge in [0.2, 0.25) is 0 Å². The SMILES string of the molecule is O=C(Nc1cc(Br)ccn1)c1cc2c(s1)CCSC2. The van der Waals surface area contributed by atoms with Crippen LogP contribution in [0, 0.1) is 0 Å². The highest BCUT2D eigenvalue weighted by atomic mass is 79.9. The van der Waals surface area contributed by atoms with Gasteiger partial charge >= 0.3 is 0 Å². The number of fused-ring (bicyclic) bond motifs is 1. The zero-order chi connectivity index (χ0) is 13.2. The van der Waals surface area contributed by atoms with Gasteiger partial charge in [-0.15, -0.1) is 11.3 Å². The van der Waals surface area contributed by atoms with Crippen LogP contribution in [0.15, 0.2) is 28.9 Å². The second kappa shape index (κ2) is 5.64. The number of aryl methyl sites for hydroxylation is 1. The molecule has 98 valence electrons. The lowest BCUT2D eigenvalue weighted by atomic mass is 10.2. The molecule has 3 rings (SSSR count). The van der Waals surface area contributed by atoms with E-state index in [-0.39, 0.29) is 5.91 Å². The summed E-state index contributed by atoms with van der Waals surface area (Å²) < 4.78 is 0.902. The average Bonchev–Trinajstić information content (AvgIpc) is 2.82. The molecule has 0 aromatic carbocycles. The molecule has 3 heterocycles. The number of anilines is 1. The number of aromatic nitrogens is 1. The Morgan fingerprint density at radius 2 is 2.32 bits per heavy atom. The number of hydrogen-bond donors (Lipinski definition) is 1. The minimum atomic E-state index is -0.0741. The summed E-state index contributed by atoms with van der Waals surface area (Å²) in [4.78, 5) is 18.4. The highest BCUT2D eigenvalue weighted by Crippen LogP contribution is 2.32. The lowest BCUT2D eigenvalue weighted by molar-refractivity contribution is 0.103. The Bertz CT molecular complexity index is 603. The van der Waals surface area contributed by atoms with Crippen molar-refractivity contribution in [1.29, 1.82) is 0 Å². The average molecular weight is 355 g/mol. The molecule has 2 aromatic heterocycles. The molecule has 1 N–H and O–H groups in total. The van der Waals surface area contributed by atoms with Gasteiger partial charge in [-0.3, -0.25) is 4.79 Å². The standard InChI is InChI=1S/C13H11BrN2OS2/c14-9-1-3-15-12(6-9)16-13(17)11-5-8-7-18-4-2-10(8)19-11/h1,3,5-6H,2,4,7H2,(H,15,16,17). The largest absolute Gasteiger partial charge is 0.306 e. The lowest BCUT2D eigenvalue weighted by Gasteiger charge is -2.08. The van der Waals surface area contributed by atoms with Crippen molar-refractivity contribution < 1.29 is 4.79 Å². The molecule has 6 heteroatoms. The molecular formula is C13H11BrN2OS2. The minimum absolute atomic E-state index is 0.0741. The third kappa shape index (κ3) is 3.01. The van der Waals surface area contributed by atoms with Gasteiger partial charge in [0.05, 0.1) is 4.88 Å². The number of pyridine rings is 1. The van der Waals surface area contributed by atoms with Crippen molar-refractivity contribution in [3.8, 4) is 0 Å².